The Kier molecular flexibility index (Phi) is 4.90. The lowest BCUT2D eigenvalue weighted by Crippen LogP contribution is -1.96. The van der Waals surface area contributed by atoms with Crippen LogP contribution >= 0.6 is 11.6 Å². The van der Waals surface area contributed by atoms with E-state index >= 15 is 0 Å². The number of hydrogen-bond donors (Lipinski definition) is 0. The summed E-state index contributed by atoms with van der Waals surface area (Å²) in [6.07, 6.45) is 1.98. The monoisotopic (exact) mass is 414 g/mol. The number of aromatic nitrogens is 2. The van der Waals surface area contributed by atoms with Crippen LogP contribution in [0.1, 0.15) is 10.4 Å². The lowest BCUT2D eigenvalue weighted by atomic mass is 9.96. The first-order valence-electron chi connectivity index (χ1n) is 8.30. The Hall–Kier alpha value is -3.45. The van der Waals surface area contributed by atoms with Crippen LogP contribution in [0, 0.1) is 17.5 Å². The van der Waals surface area contributed by atoms with Gasteiger partial charge in [-0.25, -0.2) is 13.2 Å². The van der Waals surface area contributed by atoms with Crippen molar-refractivity contribution in [2.75, 3.05) is 0 Å². The molecule has 144 valence electrons. The van der Waals surface area contributed by atoms with Gasteiger partial charge in [0.2, 0.25) is 0 Å². The molecule has 4 aromatic rings. The number of benzene rings is 2. The van der Waals surface area contributed by atoms with E-state index in [0.29, 0.717) is 12.4 Å². The first-order chi connectivity index (χ1) is 14.0. The second-order valence-corrected chi connectivity index (χ2v) is 6.48. The van der Waals surface area contributed by atoms with Gasteiger partial charge in [0, 0.05) is 28.4 Å². The van der Waals surface area contributed by atoms with Gasteiger partial charge in [0.25, 0.3) is 0 Å². The fraction of sp³-hybridized carbons (Fsp3) is 0. The lowest BCUT2D eigenvalue weighted by Gasteiger charge is -2.08. The number of aldehydes is 1. The number of pyridine rings is 1. The molecule has 0 aliphatic rings. The van der Waals surface area contributed by atoms with E-state index < -0.39 is 17.5 Å². The number of nitrogens with zero attached hydrogens (tertiary/aromatic N) is 2. The smallest absolute Gasteiger partial charge is 0.179 e. The second-order valence-electron chi connectivity index (χ2n) is 6.04. The van der Waals surface area contributed by atoms with Gasteiger partial charge in [-0.1, -0.05) is 16.8 Å². The van der Waals surface area contributed by atoms with Crippen LogP contribution in [0.15, 0.2) is 59.3 Å². The molecule has 4 nitrogen and oxygen atoms in total. The van der Waals surface area contributed by atoms with Crippen LogP contribution in [-0.4, -0.2) is 16.4 Å². The topological polar surface area (TPSA) is 56.0 Å². The summed E-state index contributed by atoms with van der Waals surface area (Å²) in [6.45, 7) is 0. The number of rotatable bonds is 4. The van der Waals surface area contributed by atoms with Crippen molar-refractivity contribution in [3.8, 4) is 33.8 Å². The molecule has 0 atom stereocenters. The first kappa shape index (κ1) is 18.9. The zero-order chi connectivity index (χ0) is 20.5. The molecule has 0 aliphatic heterocycles. The molecule has 2 heterocycles. The summed E-state index contributed by atoms with van der Waals surface area (Å²) in [5.41, 5.74) is 0.280. The van der Waals surface area contributed by atoms with Gasteiger partial charge in [0.05, 0.1) is 16.8 Å². The quantitative estimate of drug-likeness (QED) is 0.387. The van der Waals surface area contributed by atoms with Crippen LogP contribution in [0.2, 0.25) is 5.02 Å². The third-order valence-corrected chi connectivity index (χ3v) is 4.49. The Balaban J connectivity index is 2.06. The van der Waals surface area contributed by atoms with Crippen molar-refractivity contribution < 1.29 is 22.5 Å². The van der Waals surface area contributed by atoms with E-state index in [4.69, 9.17) is 16.1 Å². The van der Waals surface area contributed by atoms with Crippen molar-refractivity contribution in [1.29, 1.82) is 0 Å². The zero-order valence-electron chi connectivity index (χ0n) is 14.5. The van der Waals surface area contributed by atoms with Crippen molar-refractivity contribution in [3.05, 3.63) is 82.8 Å². The Morgan fingerprint density at radius 1 is 0.931 bits per heavy atom. The molecule has 0 unspecified atom stereocenters. The molecule has 8 heteroatoms. The molecule has 0 amide bonds. The van der Waals surface area contributed by atoms with Crippen molar-refractivity contribution in [2.24, 2.45) is 0 Å². The van der Waals surface area contributed by atoms with Gasteiger partial charge in [0.15, 0.2) is 12.0 Å². The minimum absolute atomic E-state index is 0.000285. The van der Waals surface area contributed by atoms with Crippen molar-refractivity contribution in [2.45, 2.75) is 0 Å². The molecule has 2 aromatic heterocycles. The number of carbonyl (C=O) groups is 1. The zero-order valence-corrected chi connectivity index (χ0v) is 15.3. The predicted molar refractivity (Wildman–Crippen MR) is 101 cm³/mol. The molecule has 29 heavy (non-hydrogen) atoms. The summed E-state index contributed by atoms with van der Waals surface area (Å²) in [4.78, 5) is 15.7. The first-order valence-corrected chi connectivity index (χ1v) is 8.68. The highest BCUT2D eigenvalue weighted by Gasteiger charge is 2.27. The molecular formula is C21H10ClF3N2O2. The van der Waals surface area contributed by atoms with Gasteiger partial charge in [-0.2, -0.15) is 0 Å². The Labute approximate surface area is 167 Å². The molecule has 0 spiro atoms. The lowest BCUT2D eigenvalue weighted by molar-refractivity contribution is 0.112. The van der Waals surface area contributed by atoms with E-state index in [1.807, 2.05) is 0 Å². The van der Waals surface area contributed by atoms with Crippen LogP contribution in [0.3, 0.4) is 0 Å². The Morgan fingerprint density at radius 2 is 1.69 bits per heavy atom. The van der Waals surface area contributed by atoms with Crippen LogP contribution in [0.5, 0.6) is 0 Å². The third kappa shape index (κ3) is 3.40. The second kappa shape index (κ2) is 7.52. The Bertz CT molecular complexity index is 1170. The molecule has 0 saturated carbocycles. The maximum atomic E-state index is 14.6. The highest BCUT2D eigenvalue weighted by Crippen LogP contribution is 2.41. The van der Waals surface area contributed by atoms with E-state index in [-0.39, 0.29) is 44.4 Å². The number of hydrogen-bond acceptors (Lipinski definition) is 4. The minimum Gasteiger partial charge on any atom is -0.355 e. The van der Waals surface area contributed by atoms with E-state index in [2.05, 4.69) is 10.1 Å². The van der Waals surface area contributed by atoms with E-state index in [1.54, 1.807) is 6.07 Å². The van der Waals surface area contributed by atoms with Gasteiger partial charge in [-0.15, -0.1) is 0 Å². The molecule has 0 saturated heterocycles. The minimum atomic E-state index is -0.908. The normalized spacial score (nSPS) is 10.9. The fourth-order valence-corrected chi connectivity index (χ4v) is 3.11. The van der Waals surface area contributed by atoms with Crippen LogP contribution < -0.4 is 0 Å². The number of carbonyl (C=O) groups excluding carboxylic acids is 1. The summed E-state index contributed by atoms with van der Waals surface area (Å²) in [7, 11) is 0. The van der Waals surface area contributed by atoms with Gasteiger partial charge in [-0.3, -0.25) is 9.78 Å². The standard InChI is InChI=1S/C21H10ClF3N2O2/c22-12-3-5-14(16(24)8-12)20-18(19-11(10-28)2-1-7-26-19)21(29-27-20)15-6-4-13(23)9-17(15)25/h1-10H. The molecule has 0 N–H and O–H groups in total. The highest BCUT2D eigenvalue weighted by atomic mass is 35.5. The summed E-state index contributed by atoms with van der Waals surface area (Å²) in [5.74, 6) is -2.49. The van der Waals surface area contributed by atoms with Crippen molar-refractivity contribution in [1.82, 2.24) is 10.1 Å². The van der Waals surface area contributed by atoms with Gasteiger partial charge in [0.1, 0.15) is 23.1 Å². The van der Waals surface area contributed by atoms with E-state index in [9.17, 15) is 18.0 Å². The fourth-order valence-electron chi connectivity index (χ4n) is 2.95. The average Bonchev–Trinajstić information content (AvgIpc) is 3.12. The average molecular weight is 415 g/mol. The molecule has 4 rings (SSSR count). The highest BCUT2D eigenvalue weighted by molar-refractivity contribution is 6.30. The summed E-state index contributed by atoms with van der Waals surface area (Å²) in [6, 6.07) is 9.86. The Morgan fingerprint density at radius 3 is 2.41 bits per heavy atom. The summed E-state index contributed by atoms with van der Waals surface area (Å²) in [5, 5.41) is 4.07. The van der Waals surface area contributed by atoms with Gasteiger partial charge in [-0.05, 0) is 42.5 Å². The SMILES string of the molecule is O=Cc1cccnc1-c1c(-c2ccc(Cl)cc2F)noc1-c1ccc(F)cc1F. The van der Waals surface area contributed by atoms with Crippen LogP contribution in [0.25, 0.3) is 33.8 Å². The predicted octanol–water partition coefficient (Wildman–Crippen LogP) is 5.95. The third-order valence-electron chi connectivity index (χ3n) is 4.26. The number of halogens is 4. The molecule has 0 fully saturated rings. The molecular weight excluding hydrogens is 405 g/mol. The van der Waals surface area contributed by atoms with E-state index in [1.165, 1.54) is 30.5 Å². The molecule has 2 aromatic carbocycles. The van der Waals surface area contributed by atoms with Crippen LogP contribution in [0.4, 0.5) is 13.2 Å². The maximum absolute atomic E-state index is 14.6. The van der Waals surface area contributed by atoms with Crippen molar-refractivity contribution >= 4 is 17.9 Å². The van der Waals surface area contributed by atoms with Gasteiger partial charge >= 0.3 is 0 Å². The largest absolute Gasteiger partial charge is 0.355 e. The molecule has 0 bridgehead atoms. The molecule has 0 aliphatic carbocycles. The molecule has 0 radical (unpaired) electrons. The van der Waals surface area contributed by atoms with Crippen molar-refractivity contribution in [3.63, 3.8) is 0 Å². The summed E-state index contributed by atoms with van der Waals surface area (Å²) >= 11 is 5.82. The maximum Gasteiger partial charge on any atom is 0.179 e. The van der Waals surface area contributed by atoms with E-state index in [0.717, 1.165) is 12.1 Å². The van der Waals surface area contributed by atoms with Crippen LogP contribution in [-0.2, 0) is 0 Å². The summed E-state index contributed by atoms with van der Waals surface area (Å²) < 4.78 is 47.7. The van der Waals surface area contributed by atoms with Gasteiger partial charge < -0.3 is 4.52 Å².